The van der Waals surface area contributed by atoms with Crippen LogP contribution < -0.4 is 20.3 Å². The standard InChI is InChI=1S/C24H18FN3O4/c25-17-8-10-18(11-9-17)26-22(29)15-32-20-12-6-16(7-13-20)14-21-23(30)28(24(31)27-21)19-4-2-1-3-5-19/h1-14H,15H2,(H,26,29)(H,27,31)/b21-14-. The van der Waals surface area contributed by atoms with Crippen LogP contribution in [0.4, 0.5) is 20.6 Å². The molecule has 0 spiro atoms. The molecule has 7 nitrogen and oxygen atoms in total. The zero-order chi connectivity index (χ0) is 22.5. The number of urea groups is 1. The van der Waals surface area contributed by atoms with E-state index in [2.05, 4.69) is 10.6 Å². The van der Waals surface area contributed by atoms with Crippen molar-refractivity contribution in [1.29, 1.82) is 0 Å². The second-order valence-electron chi connectivity index (χ2n) is 6.88. The monoisotopic (exact) mass is 431 g/mol. The number of hydrogen-bond acceptors (Lipinski definition) is 4. The van der Waals surface area contributed by atoms with Crippen LogP contribution in [0.1, 0.15) is 5.56 Å². The van der Waals surface area contributed by atoms with Crippen LogP contribution in [0.15, 0.2) is 84.6 Å². The van der Waals surface area contributed by atoms with Crippen LogP contribution in [0.2, 0.25) is 0 Å². The highest BCUT2D eigenvalue weighted by molar-refractivity contribution is 6.28. The molecule has 8 heteroatoms. The predicted octanol–water partition coefficient (Wildman–Crippen LogP) is 3.94. The summed E-state index contributed by atoms with van der Waals surface area (Å²) in [4.78, 5) is 37.9. The molecule has 1 saturated heterocycles. The van der Waals surface area contributed by atoms with Crippen molar-refractivity contribution >= 4 is 35.3 Å². The normalized spacial score (nSPS) is 14.4. The number of ether oxygens (including phenoxy) is 1. The van der Waals surface area contributed by atoms with Crippen LogP contribution in [0, 0.1) is 5.82 Å². The molecule has 1 aliphatic rings. The topological polar surface area (TPSA) is 87.7 Å². The third-order valence-electron chi connectivity index (χ3n) is 4.58. The molecule has 0 aliphatic carbocycles. The summed E-state index contributed by atoms with van der Waals surface area (Å²) in [5, 5.41) is 5.18. The Kier molecular flexibility index (Phi) is 5.94. The minimum absolute atomic E-state index is 0.159. The number of amides is 4. The van der Waals surface area contributed by atoms with Gasteiger partial charge < -0.3 is 15.4 Å². The summed E-state index contributed by atoms with van der Waals surface area (Å²) in [5.74, 6) is -0.767. The molecule has 0 unspecified atom stereocenters. The molecule has 0 aromatic heterocycles. The van der Waals surface area contributed by atoms with Crippen LogP contribution in [-0.2, 0) is 9.59 Å². The maximum absolute atomic E-state index is 12.9. The lowest BCUT2D eigenvalue weighted by atomic mass is 10.2. The van der Waals surface area contributed by atoms with Gasteiger partial charge in [-0.25, -0.2) is 14.1 Å². The molecule has 1 fully saturated rings. The van der Waals surface area contributed by atoms with Crippen molar-refractivity contribution in [2.24, 2.45) is 0 Å². The fraction of sp³-hybridized carbons (Fsp3) is 0.0417. The fourth-order valence-electron chi connectivity index (χ4n) is 3.05. The summed E-state index contributed by atoms with van der Waals surface area (Å²) in [6.07, 6.45) is 1.56. The summed E-state index contributed by atoms with van der Waals surface area (Å²) in [7, 11) is 0. The van der Waals surface area contributed by atoms with Gasteiger partial charge in [-0.05, 0) is 60.2 Å². The molecule has 3 aromatic carbocycles. The smallest absolute Gasteiger partial charge is 0.333 e. The second kappa shape index (κ2) is 9.13. The Balaban J connectivity index is 1.36. The van der Waals surface area contributed by atoms with Gasteiger partial charge in [0.15, 0.2) is 6.61 Å². The maximum atomic E-state index is 12.9. The maximum Gasteiger partial charge on any atom is 0.333 e. The summed E-state index contributed by atoms with van der Waals surface area (Å²) in [6, 6.07) is 20.2. The SMILES string of the molecule is O=C(COc1ccc(/C=C2\NC(=O)N(c3ccccc3)C2=O)cc1)Nc1ccc(F)cc1. The Morgan fingerprint density at radius 2 is 1.66 bits per heavy atom. The van der Waals surface area contributed by atoms with Crippen LogP contribution in [0.3, 0.4) is 0 Å². The van der Waals surface area contributed by atoms with Crippen LogP contribution >= 0.6 is 0 Å². The van der Waals surface area contributed by atoms with Crippen molar-refractivity contribution in [2.45, 2.75) is 0 Å². The molecule has 1 heterocycles. The molecular formula is C24H18FN3O4. The van der Waals surface area contributed by atoms with E-state index in [0.717, 1.165) is 4.90 Å². The summed E-state index contributed by atoms with van der Waals surface area (Å²) in [5.41, 5.74) is 1.79. The average molecular weight is 431 g/mol. The van der Waals surface area contributed by atoms with Crippen molar-refractivity contribution in [3.05, 3.63) is 95.9 Å². The Bertz CT molecular complexity index is 1180. The van der Waals surface area contributed by atoms with E-state index in [4.69, 9.17) is 4.74 Å². The third kappa shape index (κ3) is 4.81. The van der Waals surface area contributed by atoms with E-state index in [1.54, 1.807) is 60.7 Å². The lowest BCUT2D eigenvalue weighted by Crippen LogP contribution is -2.30. The van der Waals surface area contributed by atoms with Gasteiger partial charge in [-0.3, -0.25) is 9.59 Å². The van der Waals surface area contributed by atoms with E-state index < -0.39 is 11.9 Å². The van der Waals surface area contributed by atoms with Gasteiger partial charge >= 0.3 is 6.03 Å². The molecule has 0 atom stereocenters. The predicted molar refractivity (Wildman–Crippen MR) is 117 cm³/mol. The van der Waals surface area contributed by atoms with Crippen molar-refractivity contribution < 1.29 is 23.5 Å². The number of imide groups is 1. The number of nitrogens with one attached hydrogen (secondary N) is 2. The largest absolute Gasteiger partial charge is 0.484 e. The minimum Gasteiger partial charge on any atom is -0.484 e. The first-order chi connectivity index (χ1) is 15.5. The van der Waals surface area contributed by atoms with Gasteiger partial charge in [0.25, 0.3) is 11.8 Å². The third-order valence-corrected chi connectivity index (χ3v) is 4.58. The minimum atomic E-state index is -0.514. The Labute approximate surface area is 183 Å². The molecule has 32 heavy (non-hydrogen) atoms. The first kappa shape index (κ1) is 20.8. The second-order valence-corrected chi connectivity index (χ2v) is 6.88. The van der Waals surface area contributed by atoms with Gasteiger partial charge in [-0.1, -0.05) is 30.3 Å². The van der Waals surface area contributed by atoms with Gasteiger partial charge in [0.2, 0.25) is 0 Å². The lowest BCUT2D eigenvalue weighted by Gasteiger charge is -2.10. The average Bonchev–Trinajstić information content (AvgIpc) is 3.08. The quantitative estimate of drug-likeness (QED) is 0.457. The Morgan fingerprint density at radius 3 is 2.34 bits per heavy atom. The van der Waals surface area contributed by atoms with E-state index in [1.165, 1.54) is 24.3 Å². The van der Waals surface area contributed by atoms with Gasteiger partial charge in [0.1, 0.15) is 17.3 Å². The van der Waals surface area contributed by atoms with Crippen LogP contribution in [-0.4, -0.2) is 24.5 Å². The first-order valence-electron chi connectivity index (χ1n) is 9.70. The Hall–Kier alpha value is -4.46. The molecule has 160 valence electrons. The highest BCUT2D eigenvalue weighted by Gasteiger charge is 2.34. The van der Waals surface area contributed by atoms with Crippen molar-refractivity contribution in [3.63, 3.8) is 0 Å². The van der Waals surface area contributed by atoms with Crippen molar-refractivity contribution in [2.75, 3.05) is 16.8 Å². The summed E-state index contributed by atoms with van der Waals surface area (Å²) < 4.78 is 18.4. The van der Waals surface area contributed by atoms with Crippen LogP contribution in [0.5, 0.6) is 5.75 Å². The van der Waals surface area contributed by atoms with E-state index in [0.29, 0.717) is 22.7 Å². The number of halogens is 1. The van der Waals surface area contributed by atoms with Gasteiger partial charge in [0.05, 0.1) is 5.69 Å². The molecule has 0 bridgehead atoms. The fourth-order valence-corrected chi connectivity index (χ4v) is 3.05. The van der Waals surface area contributed by atoms with Gasteiger partial charge in [-0.2, -0.15) is 0 Å². The van der Waals surface area contributed by atoms with E-state index in [1.807, 2.05) is 0 Å². The summed E-state index contributed by atoms with van der Waals surface area (Å²) in [6.45, 7) is -0.224. The van der Waals surface area contributed by atoms with Gasteiger partial charge in [0, 0.05) is 5.69 Å². The first-order valence-corrected chi connectivity index (χ1v) is 9.70. The van der Waals surface area contributed by atoms with Crippen molar-refractivity contribution in [3.8, 4) is 5.75 Å². The molecule has 2 N–H and O–H groups in total. The molecule has 4 amide bonds. The highest BCUT2D eigenvalue weighted by Crippen LogP contribution is 2.22. The molecule has 1 aliphatic heterocycles. The number of hydrogen-bond donors (Lipinski definition) is 2. The number of nitrogens with zero attached hydrogens (tertiary/aromatic N) is 1. The van der Waals surface area contributed by atoms with Crippen LogP contribution in [0.25, 0.3) is 6.08 Å². The zero-order valence-electron chi connectivity index (χ0n) is 16.7. The van der Waals surface area contributed by atoms with Gasteiger partial charge in [-0.15, -0.1) is 0 Å². The number of rotatable bonds is 6. The van der Waals surface area contributed by atoms with E-state index >= 15 is 0 Å². The molecule has 4 rings (SSSR count). The number of para-hydroxylation sites is 1. The number of carbonyl (C=O) groups excluding carboxylic acids is 3. The molecule has 3 aromatic rings. The zero-order valence-corrected chi connectivity index (χ0v) is 16.7. The summed E-state index contributed by atoms with van der Waals surface area (Å²) >= 11 is 0. The highest BCUT2D eigenvalue weighted by atomic mass is 19.1. The molecule has 0 radical (unpaired) electrons. The van der Waals surface area contributed by atoms with Crippen molar-refractivity contribution in [1.82, 2.24) is 5.32 Å². The van der Waals surface area contributed by atoms with E-state index in [9.17, 15) is 18.8 Å². The molecule has 0 saturated carbocycles. The Morgan fingerprint density at radius 1 is 0.969 bits per heavy atom. The number of benzene rings is 3. The molecular weight excluding hydrogens is 413 g/mol. The number of anilines is 2. The lowest BCUT2D eigenvalue weighted by molar-refractivity contribution is -0.118. The van der Waals surface area contributed by atoms with E-state index in [-0.39, 0.29) is 24.0 Å². The number of carbonyl (C=O) groups is 3.